The number of fused-ring (bicyclic) bond motifs is 1. The lowest BCUT2D eigenvalue weighted by molar-refractivity contribution is -0.137. The number of carbonyl (C=O) groups is 1. The number of halogens is 3. The van der Waals surface area contributed by atoms with Crippen molar-refractivity contribution in [3.8, 4) is 34.1 Å². The van der Waals surface area contributed by atoms with E-state index in [1.165, 1.54) is 38.2 Å². The Labute approximate surface area is 269 Å². The summed E-state index contributed by atoms with van der Waals surface area (Å²) in [6, 6.07) is 16.9. The van der Waals surface area contributed by atoms with Gasteiger partial charge in [-0.1, -0.05) is 31.4 Å². The van der Waals surface area contributed by atoms with Gasteiger partial charge < -0.3 is 15.7 Å². The number of hydrogen-bond donors (Lipinski definition) is 3. The third kappa shape index (κ3) is 7.78. The van der Waals surface area contributed by atoms with Gasteiger partial charge in [-0.15, -0.1) is 5.10 Å². The number of nitriles is 1. The third-order valence-corrected chi connectivity index (χ3v) is 8.20. The van der Waals surface area contributed by atoms with Crippen molar-refractivity contribution in [2.75, 3.05) is 18.4 Å². The molecule has 1 aliphatic rings. The second kappa shape index (κ2) is 14.9. The molecule has 0 saturated heterocycles. The molecule has 0 radical (unpaired) electrons. The minimum atomic E-state index is -4.49. The van der Waals surface area contributed by atoms with E-state index in [0.717, 1.165) is 47.6 Å². The Balaban J connectivity index is 0.00000139. The first-order valence-corrected chi connectivity index (χ1v) is 15.4. The van der Waals surface area contributed by atoms with E-state index in [0.29, 0.717) is 40.9 Å². The Morgan fingerprint density at radius 1 is 1.09 bits per heavy atom. The zero-order valence-corrected chi connectivity index (χ0v) is 25.8. The molecule has 3 heterocycles. The van der Waals surface area contributed by atoms with E-state index in [9.17, 15) is 18.4 Å². The van der Waals surface area contributed by atoms with Crippen LogP contribution in [0.15, 0.2) is 67.0 Å². The zero-order valence-electron chi connectivity index (χ0n) is 25.8. The number of carboxylic acid groups (broad SMARTS) is 1. The number of alkyl halides is 3. The van der Waals surface area contributed by atoms with Crippen LogP contribution in [0.2, 0.25) is 0 Å². The average Bonchev–Trinajstić information content (AvgIpc) is 3.72. The number of hydrogen-bond acceptors (Lipinski definition) is 7. The van der Waals surface area contributed by atoms with Crippen molar-refractivity contribution in [2.24, 2.45) is 0 Å². The van der Waals surface area contributed by atoms with Crippen LogP contribution in [0, 0.1) is 18.3 Å². The highest BCUT2D eigenvalue weighted by Crippen LogP contribution is 2.38. The summed E-state index contributed by atoms with van der Waals surface area (Å²) in [4.78, 5) is 13.1. The average molecular weight is 645 g/mol. The van der Waals surface area contributed by atoms with Gasteiger partial charge >= 0.3 is 6.18 Å². The standard InChI is InChI=1S/C33H33F3N8.CH2O2/c1-22-28(29-15-18-40-44(29)27-13-11-23(20-37)12-14-27)21-43-31(30(22)24-7-5-8-25(19-24)33(34,35)36)41-32(42-43)39-17-6-16-38-26-9-3-2-4-10-26;2-1-3/h5,7-8,11-15,18-19,21,26,38H,2-4,6,9-10,16-17H2,1H3,(H,39,42);1H,(H,2,3). The van der Waals surface area contributed by atoms with Crippen molar-refractivity contribution in [3.05, 3.63) is 83.7 Å². The van der Waals surface area contributed by atoms with Gasteiger partial charge in [-0.3, -0.25) is 4.79 Å². The fourth-order valence-corrected chi connectivity index (χ4v) is 5.93. The van der Waals surface area contributed by atoms with E-state index in [2.05, 4.69) is 26.9 Å². The smallest absolute Gasteiger partial charge is 0.416 e. The van der Waals surface area contributed by atoms with Crippen molar-refractivity contribution >= 4 is 18.1 Å². The first-order chi connectivity index (χ1) is 22.7. The molecule has 13 heteroatoms. The van der Waals surface area contributed by atoms with Gasteiger partial charge in [-0.2, -0.15) is 28.5 Å². The maximum atomic E-state index is 13.7. The fourth-order valence-electron chi connectivity index (χ4n) is 5.93. The topological polar surface area (TPSA) is 133 Å². The molecule has 0 aliphatic heterocycles. The molecular weight excluding hydrogens is 609 g/mol. The summed E-state index contributed by atoms with van der Waals surface area (Å²) in [5.74, 6) is 0.410. The highest BCUT2D eigenvalue weighted by Gasteiger charge is 2.31. The molecular formula is C34H35F3N8O2. The summed E-state index contributed by atoms with van der Waals surface area (Å²) in [5.41, 5.74) is 4.14. The molecule has 3 N–H and O–H groups in total. The Kier molecular flexibility index (Phi) is 10.5. The molecule has 0 unspecified atom stereocenters. The Morgan fingerprint density at radius 3 is 2.53 bits per heavy atom. The molecule has 0 bridgehead atoms. The second-order valence-electron chi connectivity index (χ2n) is 11.3. The summed E-state index contributed by atoms with van der Waals surface area (Å²) < 4.78 is 44.6. The summed E-state index contributed by atoms with van der Waals surface area (Å²) in [6.07, 6.45) is 6.24. The Bertz CT molecular complexity index is 1850. The monoisotopic (exact) mass is 644 g/mol. The molecule has 1 fully saturated rings. The fraction of sp³-hybridized carbons (Fsp3) is 0.324. The van der Waals surface area contributed by atoms with Crippen LogP contribution < -0.4 is 10.6 Å². The van der Waals surface area contributed by atoms with Crippen LogP contribution in [0.4, 0.5) is 19.1 Å². The van der Waals surface area contributed by atoms with Crippen molar-refractivity contribution in [2.45, 2.75) is 57.7 Å². The zero-order chi connectivity index (χ0) is 33.4. The van der Waals surface area contributed by atoms with E-state index in [4.69, 9.17) is 14.9 Å². The van der Waals surface area contributed by atoms with Crippen molar-refractivity contribution in [1.29, 1.82) is 5.26 Å². The molecule has 1 saturated carbocycles. The summed E-state index contributed by atoms with van der Waals surface area (Å²) in [6.45, 7) is 3.18. The molecule has 1 aliphatic carbocycles. The first kappa shape index (κ1) is 33.2. The van der Waals surface area contributed by atoms with E-state index >= 15 is 0 Å². The summed E-state index contributed by atoms with van der Waals surface area (Å²) in [5, 5.41) is 32.2. The lowest BCUT2D eigenvalue weighted by Crippen LogP contribution is -2.32. The number of nitrogens with one attached hydrogen (secondary N) is 2. The number of benzene rings is 2. The van der Waals surface area contributed by atoms with Gasteiger partial charge in [0, 0.05) is 29.9 Å². The molecule has 0 atom stereocenters. The lowest BCUT2D eigenvalue weighted by atomic mass is 9.95. The van der Waals surface area contributed by atoms with Crippen molar-refractivity contribution < 1.29 is 23.1 Å². The van der Waals surface area contributed by atoms with Crippen LogP contribution in [0.5, 0.6) is 0 Å². The van der Waals surface area contributed by atoms with Gasteiger partial charge in [0.15, 0.2) is 5.65 Å². The maximum absolute atomic E-state index is 13.7. The van der Waals surface area contributed by atoms with Gasteiger partial charge in [0.1, 0.15) is 0 Å². The minimum absolute atomic E-state index is 0.250. The van der Waals surface area contributed by atoms with E-state index < -0.39 is 11.7 Å². The quantitative estimate of drug-likeness (QED) is 0.117. The maximum Gasteiger partial charge on any atom is 0.416 e. The molecule has 2 aromatic carbocycles. The van der Waals surface area contributed by atoms with Gasteiger partial charge in [0.2, 0.25) is 5.95 Å². The largest absolute Gasteiger partial charge is 0.483 e. The van der Waals surface area contributed by atoms with Crippen LogP contribution in [-0.4, -0.2) is 55.1 Å². The molecule has 5 aromatic rings. The first-order valence-electron chi connectivity index (χ1n) is 15.4. The van der Waals surface area contributed by atoms with Gasteiger partial charge in [-0.05, 0) is 86.3 Å². The van der Waals surface area contributed by atoms with Crippen LogP contribution in [0.3, 0.4) is 0 Å². The normalized spacial score (nSPS) is 13.5. The molecule has 0 amide bonds. The predicted octanol–water partition coefficient (Wildman–Crippen LogP) is 6.87. The second-order valence-corrected chi connectivity index (χ2v) is 11.3. The van der Waals surface area contributed by atoms with Crippen LogP contribution >= 0.6 is 0 Å². The number of rotatable bonds is 9. The Hall–Kier alpha value is -5.22. The highest BCUT2D eigenvalue weighted by molar-refractivity contribution is 5.86. The predicted molar refractivity (Wildman–Crippen MR) is 172 cm³/mol. The van der Waals surface area contributed by atoms with Crippen molar-refractivity contribution in [3.63, 3.8) is 0 Å². The van der Waals surface area contributed by atoms with E-state index in [1.54, 1.807) is 45.7 Å². The highest BCUT2D eigenvalue weighted by atomic mass is 19.4. The Morgan fingerprint density at radius 2 is 1.83 bits per heavy atom. The van der Waals surface area contributed by atoms with Gasteiger partial charge in [0.05, 0.1) is 34.8 Å². The molecule has 0 spiro atoms. The number of nitrogens with zero attached hydrogens (tertiary/aromatic N) is 6. The van der Waals surface area contributed by atoms with Crippen LogP contribution in [0.1, 0.15) is 55.2 Å². The summed E-state index contributed by atoms with van der Waals surface area (Å²) >= 11 is 0. The summed E-state index contributed by atoms with van der Waals surface area (Å²) in [7, 11) is 0. The van der Waals surface area contributed by atoms with Crippen molar-refractivity contribution in [1.82, 2.24) is 29.7 Å². The molecule has 47 heavy (non-hydrogen) atoms. The minimum Gasteiger partial charge on any atom is -0.483 e. The number of anilines is 1. The molecule has 3 aromatic heterocycles. The molecule has 244 valence electrons. The van der Waals surface area contributed by atoms with Gasteiger partial charge in [-0.25, -0.2) is 9.20 Å². The van der Waals surface area contributed by atoms with E-state index in [-0.39, 0.29) is 6.47 Å². The van der Waals surface area contributed by atoms with Crippen LogP contribution in [0.25, 0.3) is 33.7 Å². The number of pyridine rings is 1. The lowest BCUT2D eigenvalue weighted by Gasteiger charge is -2.22. The molecule has 10 nitrogen and oxygen atoms in total. The number of aromatic nitrogens is 5. The molecule has 6 rings (SSSR count). The SMILES string of the molecule is Cc1c(-c2ccnn2-c2ccc(C#N)cc2)cn2nc(NCCCNC3CCCCC3)nc2c1-c1cccc(C(F)(F)F)c1.O=CO. The van der Waals surface area contributed by atoms with E-state index in [1.807, 2.05) is 19.2 Å². The van der Waals surface area contributed by atoms with Crippen LogP contribution in [-0.2, 0) is 11.0 Å². The van der Waals surface area contributed by atoms with Gasteiger partial charge in [0.25, 0.3) is 6.47 Å². The third-order valence-electron chi connectivity index (χ3n) is 8.20.